The molecular weight excluding hydrogens is 334 g/mol. The molecule has 2 heterocycles. The van der Waals surface area contributed by atoms with Gasteiger partial charge in [-0.3, -0.25) is 9.32 Å². The first kappa shape index (κ1) is 16.5. The Labute approximate surface area is 149 Å². The minimum absolute atomic E-state index is 0.0483. The molecule has 0 bridgehead atoms. The van der Waals surface area contributed by atoms with E-state index in [1.807, 2.05) is 12.1 Å². The lowest BCUT2D eigenvalue weighted by molar-refractivity contribution is -0.751. The molecule has 0 unspecified atom stereocenters. The van der Waals surface area contributed by atoms with E-state index in [9.17, 15) is 9.59 Å². The van der Waals surface area contributed by atoms with Crippen LogP contribution in [0.4, 0.5) is 0 Å². The Bertz CT molecular complexity index is 973. The highest BCUT2D eigenvalue weighted by atomic mass is 16.5. The van der Waals surface area contributed by atoms with E-state index in [0.717, 1.165) is 6.42 Å². The summed E-state index contributed by atoms with van der Waals surface area (Å²) in [5.41, 5.74) is 0.713. The number of hydrogen-bond donors (Lipinski definition) is 1. The predicted molar refractivity (Wildman–Crippen MR) is 93.5 cm³/mol. The Kier molecular flexibility index (Phi) is 4.53. The average molecular weight is 354 g/mol. The number of H-pyrrole nitrogens is 1. The number of nitrogens with one attached hydrogen (secondary N) is 1. The standard InChI is InChI=1S/C19H19N3O4/c23-18(12-22-13-19(24)26-20-22)21-8-9-25-16(11-21)10-15-6-3-5-14-4-1-2-7-17(14)15/h1-7,13,16H,8-12H2/p+1/t16-/m0/s1. The van der Waals surface area contributed by atoms with Crippen LogP contribution in [0.15, 0.2) is 58.0 Å². The van der Waals surface area contributed by atoms with Crippen LogP contribution >= 0.6 is 0 Å². The van der Waals surface area contributed by atoms with Gasteiger partial charge in [-0.25, -0.2) is 4.79 Å². The zero-order valence-electron chi connectivity index (χ0n) is 14.3. The largest absolute Gasteiger partial charge is 0.426 e. The number of ether oxygens (including phenoxy) is 1. The fraction of sp³-hybridized carbons (Fsp3) is 0.316. The highest BCUT2D eigenvalue weighted by Gasteiger charge is 2.27. The lowest BCUT2D eigenvalue weighted by Gasteiger charge is -2.32. The maximum atomic E-state index is 12.5. The maximum absolute atomic E-state index is 12.5. The van der Waals surface area contributed by atoms with Crippen molar-refractivity contribution < 1.29 is 18.7 Å². The number of rotatable bonds is 4. The number of carbonyl (C=O) groups excluding carboxylic acids is 1. The molecule has 3 aromatic rings. The highest BCUT2D eigenvalue weighted by Crippen LogP contribution is 2.21. The van der Waals surface area contributed by atoms with Crippen LogP contribution in [0, 0.1) is 0 Å². The van der Waals surface area contributed by atoms with Crippen molar-refractivity contribution in [2.45, 2.75) is 19.1 Å². The lowest BCUT2D eigenvalue weighted by atomic mass is 9.99. The topological polar surface area (TPSA) is 79.4 Å². The van der Waals surface area contributed by atoms with Crippen LogP contribution in [0.5, 0.6) is 0 Å². The normalized spacial score (nSPS) is 17.5. The van der Waals surface area contributed by atoms with Crippen molar-refractivity contribution in [2.75, 3.05) is 19.7 Å². The van der Waals surface area contributed by atoms with Crippen LogP contribution in [0.3, 0.4) is 0 Å². The molecule has 0 saturated carbocycles. The second-order valence-electron chi connectivity index (χ2n) is 6.44. The maximum Gasteiger partial charge on any atom is 0.426 e. The van der Waals surface area contributed by atoms with Crippen molar-refractivity contribution in [2.24, 2.45) is 0 Å². The van der Waals surface area contributed by atoms with Crippen molar-refractivity contribution in [3.63, 3.8) is 0 Å². The number of amides is 1. The lowest BCUT2D eigenvalue weighted by Crippen LogP contribution is -2.51. The van der Waals surface area contributed by atoms with Crippen molar-refractivity contribution >= 4 is 16.7 Å². The number of morpholine rings is 1. The van der Waals surface area contributed by atoms with E-state index < -0.39 is 5.63 Å². The van der Waals surface area contributed by atoms with Gasteiger partial charge in [0.05, 0.1) is 12.7 Å². The molecule has 2 aromatic carbocycles. The average Bonchev–Trinajstić information content (AvgIpc) is 3.07. The number of carbonyl (C=O) groups is 1. The molecule has 1 aliphatic heterocycles. The van der Waals surface area contributed by atoms with Crippen LogP contribution < -0.4 is 10.3 Å². The van der Waals surface area contributed by atoms with Gasteiger partial charge >= 0.3 is 5.63 Å². The van der Waals surface area contributed by atoms with E-state index in [-0.39, 0.29) is 18.6 Å². The van der Waals surface area contributed by atoms with Crippen LogP contribution in [0.1, 0.15) is 5.56 Å². The van der Waals surface area contributed by atoms with Gasteiger partial charge in [-0.1, -0.05) is 47.1 Å². The van der Waals surface area contributed by atoms with Gasteiger partial charge in [-0.15, -0.1) is 0 Å². The van der Waals surface area contributed by atoms with E-state index in [1.54, 1.807) is 4.90 Å². The van der Waals surface area contributed by atoms with Gasteiger partial charge in [0.15, 0.2) is 0 Å². The van der Waals surface area contributed by atoms with Crippen molar-refractivity contribution in [3.8, 4) is 0 Å². The Balaban J connectivity index is 1.44. The zero-order valence-corrected chi connectivity index (χ0v) is 14.3. The molecule has 1 aliphatic rings. The highest BCUT2D eigenvalue weighted by molar-refractivity contribution is 5.85. The fourth-order valence-corrected chi connectivity index (χ4v) is 3.39. The molecule has 1 fully saturated rings. The summed E-state index contributed by atoms with van der Waals surface area (Å²) in [6.45, 7) is 1.64. The third kappa shape index (κ3) is 3.52. The Morgan fingerprint density at radius 2 is 2.08 bits per heavy atom. The molecule has 0 aliphatic carbocycles. The number of aromatic amines is 1. The first-order valence-corrected chi connectivity index (χ1v) is 8.63. The molecule has 7 heteroatoms. The molecule has 7 nitrogen and oxygen atoms in total. The summed E-state index contributed by atoms with van der Waals surface area (Å²) in [5.74, 6) is -0.0710. The van der Waals surface area contributed by atoms with Gasteiger partial charge in [0.2, 0.25) is 0 Å². The summed E-state index contributed by atoms with van der Waals surface area (Å²) in [6, 6.07) is 14.5. The summed E-state index contributed by atoms with van der Waals surface area (Å²) in [7, 11) is 0. The van der Waals surface area contributed by atoms with Crippen molar-refractivity contribution in [3.05, 3.63) is 64.6 Å². The number of fused-ring (bicyclic) bond motifs is 1. The molecule has 134 valence electrons. The van der Waals surface area contributed by atoms with E-state index in [2.05, 4.69) is 40.1 Å². The van der Waals surface area contributed by atoms with E-state index in [1.165, 1.54) is 27.2 Å². The SMILES string of the molecule is O=C(C[n+]1cc(=O)o[nH]1)N1CCO[C@@H](Cc2cccc3ccccc23)C1. The quantitative estimate of drug-likeness (QED) is 0.706. The molecule has 0 radical (unpaired) electrons. The molecule has 1 N–H and O–H groups in total. The summed E-state index contributed by atoms with van der Waals surface area (Å²) >= 11 is 0. The molecule has 1 saturated heterocycles. The van der Waals surface area contributed by atoms with Gasteiger partial charge in [-0.05, 0) is 21.6 Å². The molecule has 26 heavy (non-hydrogen) atoms. The Hall–Kier alpha value is -2.93. The first-order valence-electron chi connectivity index (χ1n) is 8.63. The van der Waals surface area contributed by atoms with Gasteiger partial charge in [0.25, 0.3) is 18.6 Å². The summed E-state index contributed by atoms with van der Waals surface area (Å²) in [4.78, 5) is 25.3. The molecule has 1 aromatic heterocycles. The zero-order chi connectivity index (χ0) is 17.9. The molecule has 0 spiro atoms. The third-order valence-corrected chi connectivity index (χ3v) is 4.65. The van der Waals surface area contributed by atoms with E-state index >= 15 is 0 Å². The van der Waals surface area contributed by atoms with Crippen LogP contribution in [-0.4, -0.2) is 41.9 Å². The summed E-state index contributed by atoms with van der Waals surface area (Å²) in [5, 5.41) is 4.82. The molecule has 4 rings (SSSR count). The number of aromatic nitrogens is 2. The van der Waals surface area contributed by atoms with Crippen LogP contribution in [0.2, 0.25) is 0 Å². The summed E-state index contributed by atoms with van der Waals surface area (Å²) < 4.78 is 11.8. The fourth-order valence-electron chi connectivity index (χ4n) is 3.39. The van der Waals surface area contributed by atoms with Crippen LogP contribution in [0.25, 0.3) is 10.8 Å². The molecular formula is C19H20N3O4+. The number of nitrogens with zero attached hydrogens (tertiary/aromatic N) is 2. The number of hydrogen-bond acceptors (Lipinski definition) is 4. The smallest absolute Gasteiger partial charge is 0.374 e. The summed E-state index contributed by atoms with van der Waals surface area (Å²) in [6.07, 6.45) is 1.93. The molecule has 1 atom stereocenters. The Morgan fingerprint density at radius 1 is 1.23 bits per heavy atom. The van der Waals surface area contributed by atoms with E-state index in [4.69, 9.17) is 4.74 Å². The Morgan fingerprint density at radius 3 is 2.92 bits per heavy atom. The first-order chi connectivity index (χ1) is 12.7. The van der Waals surface area contributed by atoms with Gasteiger partial charge in [-0.2, -0.15) is 0 Å². The van der Waals surface area contributed by atoms with Gasteiger partial charge in [0, 0.05) is 19.5 Å². The minimum Gasteiger partial charge on any atom is -0.374 e. The van der Waals surface area contributed by atoms with Crippen molar-refractivity contribution in [1.29, 1.82) is 0 Å². The van der Waals surface area contributed by atoms with Crippen LogP contribution in [-0.2, 0) is 22.5 Å². The monoisotopic (exact) mass is 354 g/mol. The predicted octanol–water partition coefficient (Wildman–Crippen LogP) is 0.879. The molecule has 1 amide bonds. The van der Waals surface area contributed by atoms with Gasteiger partial charge in [0.1, 0.15) is 0 Å². The second-order valence-corrected chi connectivity index (χ2v) is 6.44. The third-order valence-electron chi connectivity index (χ3n) is 4.65. The number of benzene rings is 2. The van der Waals surface area contributed by atoms with Crippen molar-refractivity contribution in [1.82, 2.24) is 10.2 Å². The second kappa shape index (κ2) is 7.13. The minimum atomic E-state index is -0.506. The van der Waals surface area contributed by atoms with Gasteiger partial charge < -0.3 is 9.64 Å². The van der Waals surface area contributed by atoms with E-state index in [0.29, 0.717) is 19.7 Å².